The summed E-state index contributed by atoms with van der Waals surface area (Å²) in [7, 11) is -3.91. The van der Waals surface area contributed by atoms with Crippen LogP contribution >= 0.6 is 0 Å². The molecule has 0 saturated heterocycles. The van der Waals surface area contributed by atoms with Gasteiger partial charge in [-0.25, -0.2) is 17.2 Å². The fourth-order valence-electron chi connectivity index (χ4n) is 2.58. The Kier molecular flexibility index (Phi) is 5.97. The van der Waals surface area contributed by atoms with Gasteiger partial charge < -0.3 is 5.32 Å². The molecule has 1 N–H and O–H groups in total. The van der Waals surface area contributed by atoms with Crippen molar-refractivity contribution in [1.29, 1.82) is 0 Å². The highest BCUT2D eigenvalue weighted by Gasteiger charge is 2.31. The number of nitrogens with zero attached hydrogens (tertiary/aromatic N) is 1. The maximum atomic E-state index is 14.1. The summed E-state index contributed by atoms with van der Waals surface area (Å²) in [6.45, 7) is 3.06. The Morgan fingerprint density at radius 2 is 1.62 bits per heavy atom. The highest BCUT2D eigenvalue weighted by Crippen LogP contribution is 2.24. The van der Waals surface area contributed by atoms with Gasteiger partial charge in [0.2, 0.25) is 15.9 Å². The quantitative estimate of drug-likeness (QED) is 0.835. The lowest BCUT2D eigenvalue weighted by atomic mass is 10.1. The number of halogens is 2. The predicted molar refractivity (Wildman–Crippen MR) is 96.1 cm³/mol. The maximum absolute atomic E-state index is 14.1. The van der Waals surface area contributed by atoms with Crippen molar-refractivity contribution in [3.63, 3.8) is 0 Å². The fraction of sp³-hybridized carbons (Fsp3) is 0.278. The number of nitrogens with one attached hydrogen (secondary N) is 1. The molecule has 8 heteroatoms. The lowest BCUT2D eigenvalue weighted by Crippen LogP contribution is -2.48. The number of anilines is 1. The first kappa shape index (κ1) is 19.8. The summed E-state index contributed by atoms with van der Waals surface area (Å²) in [4.78, 5) is 12.6. The van der Waals surface area contributed by atoms with Crippen LogP contribution in [-0.2, 0) is 14.8 Å². The topological polar surface area (TPSA) is 66.5 Å². The first-order valence-electron chi connectivity index (χ1n) is 7.91. The lowest BCUT2D eigenvalue weighted by molar-refractivity contribution is -0.122. The van der Waals surface area contributed by atoms with E-state index in [4.69, 9.17) is 0 Å². The summed E-state index contributed by atoms with van der Waals surface area (Å²) in [5.41, 5.74) is 0.454. The van der Waals surface area contributed by atoms with Crippen molar-refractivity contribution in [3.8, 4) is 0 Å². The summed E-state index contributed by atoms with van der Waals surface area (Å²) in [6, 6.07) is 9.27. The van der Waals surface area contributed by atoms with Crippen LogP contribution in [-0.4, -0.2) is 26.6 Å². The Morgan fingerprint density at radius 1 is 1.04 bits per heavy atom. The Hall–Kier alpha value is -2.48. The molecule has 0 fully saturated rings. The van der Waals surface area contributed by atoms with Gasteiger partial charge in [-0.05, 0) is 43.7 Å². The second-order valence-corrected chi connectivity index (χ2v) is 7.83. The van der Waals surface area contributed by atoms with E-state index >= 15 is 0 Å². The molecule has 5 nitrogen and oxygen atoms in total. The fourth-order valence-corrected chi connectivity index (χ4v) is 3.76. The minimum Gasteiger partial charge on any atom is -0.348 e. The van der Waals surface area contributed by atoms with Crippen molar-refractivity contribution in [3.05, 3.63) is 65.7 Å². The molecule has 0 aromatic heterocycles. The molecule has 0 spiro atoms. The van der Waals surface area contributed by atoms with Gasteiger partial charge in [-0.3, -0.25) is 9.10 Å². The molecule has 140 valence electrons. The molecule has 26 heavy (non-hydrogen) atoms. The highest BCUT2D eigenvalue weighted by molar-refractivity contribution is 7.92. The van der Waals surface area contributed by atoms with Gasteiger partial charge in [0.05, 0.1) is 18.0 Å². The maximum Gasteiger partial charge on any atom is 0.244 e. The molecule has 2 aromatic rings. The number of benzene rings is 2. The number of para-hydroxylation sites is 1. The second-order valence-electron chi connectivity index (χ2n) is 5.97. The van der Waals surface area contributed by atoms with Crippen molar-refractivity contribution in [1.82, 2.24) is 5.32 Å². The number of amides is 1. The number of carbonyl (C=O) groups is 1. The third kappa shape index (κ3) is 4.57. The van der Waals surface area contributed by atoms with Crippen LogP contribution in [0.25, 0.3) is 0 Å². The van der Waals surface area contributed by atoms with E-state index in [1.54, 1.807) is 6.92 Å². The molecule has 0 saturated carbocycles. The van der Waals surface area contributed by atoms with Gasteiger partial charge in [0.25, 0.3) is 0 Å². The molecule has 0 aliphatic carbocycles. The van der Waals surface area contributed by atoms with Crippen LogP contribution in [0.4, 0.5) is 14.5 Å². The van der Waals surface area contributed by atoms with Crippen LogP contribution in [0.15, 0.2) is 48.5 Å². The van der Waals surface area contributed by atoms with E-state index in [0.717, 1.165) is 16.6 Å². The van der Waals surface area contributed by atoms with Crippen molar-refractivity contribution >= 4 is 21.6 Å². The molecule has 0 unspecified atom stereocenters. The summed E-state index contributed by atoms with van der Waals surface area (Å²) in [5, 5.41) is 2.67. The van der Waals surface area contributed by atoms with Gasteiger partial charge in [0.1, 0.15) is 17.7 Å². The van der Waals surface area contributed by atoms with Crippen molar-refractivity contribution in [2.24, 2.45) is 0 Å². The standard InChI is InChI=1S/C18H20F2N2O3S/c1-12(14-8-10-15(19)11-9-14)21-18(23)13(2)22(26(3,24)25)17-7-5-4-6-16(17)20/h4-13H,1-3H3,(H,21,23)/t12-,13+/m1/s1. The third-order valence-electron chi connectivity index (χ3n) is 3.91. The summed E-state index contributed by atoms with van der Waals surface area (Å²) >= 11 is 0. The van der Waals surface area contributed by atoms with E-state index in [1.807, 2.05) is 0 Å². The van der Waals surface area contributed by atoms with Crippen LogP contribution in [0.3, 0.4) is 0 Å². The average molecular weight is 382 g/mol. The first-order chi connectivity index (χ1) is 12.1. The normalized spacial score (nSPS) is 13.7. The van der Waals surface area contributed by atoms with Crippen LogP contribution < -0.4 is 9.62 Å². The Bertz CT molecular complexity index is 886. The molecule has 2 aromatic carbocycles. The minimum atomic E-state index is -3.91. The zero-order valence-corrected chi connectivity index (χ0v) is 15.4. The zero-order chi connectivity index (χ0) is 19.5. The van der Waals surface area contributed by atoms with E-state index in [-0.39, 0.29) is 5.69 Å². The second kappa shape index (κ2) is 7.82. The Balaban J connectivity index is 2.25. The van der Waals surface area contributed by atoms with Gasteiger partial charge >= 0.3 is 0 Å². The van der Waals surface area contributed by atoms with Crippen LogP contribution in [0.1, 0.15) is 25.5 Å². The van der Waals surface area contributed by atoms with Gasteiger partial charge in [0, 0.05) is 0 Å². The van der Waals surface area contributed by atoms with Crippen LogP contribution in [0.5, 0.6) is 0 Å². The molecule has 2 rings (SSSR count). The molecule has 0 heterocycles. The van der Waals surface area contributed by atoms with Gasteiger partial charge in [-0.1, -0.05) is 24.3 Å². The molecule has 0 aliphatic heterocycles. The van der Waals surface area contributed by atoms with Crippen LogP contribution in [0, 0.1) is 11.6 Å². The smallest absolute Gasteiger partial charge is 0.244 e. The van der Waals surface area contributed by atoms with Crippen molar-refractivity contribution < 1.29 is 22.0 Å². The van der Waals surface area contributed by atoms with Gasteiger partial charge in [-0.15, -0.1) is 0 Å². The number of carbonyl (C=O) groups excluding carboxylic acids is 1. The predicted octanol–water partition coefficient (Wildman–Crippen LogP) is 3.00. The first-order valence-corrected chi connectivity index (χ1v) is 9.76. The monoisotopic (exact) mass is 382 g/mol. The molecule has 0 aliphatic rings. The Labute approximate surface area is 151 Å². The molecular weight excluding hydrogens is 362 g/mol. The molecule has 0 radical (unpaired) electrons. The van der Waals surface area contributed by atoms with Crippen molar-refractivity contribution in [2.75, 3.05) is 10.6 Å². The van der Waals surface area contributed by atoms with Crippen LogP contribution in [0.2, 0.25) is 0 Å². The SMILES string of the molecule is C[C@@H](NC(=O)[C@H](C)N(c1ccccc1F)S(C)(=O)=O)c1ccc(F)cc1. The lowest BCUT2D eigenvalue weighted by Gasteiger charge is -2.29. The number of hydrogen-bond donors (Lipinski definition) is 1. The summed E-state index contributed by atoms with van der Waals surface area (Å²) < 4.78 is 52.2. The van der Waals surface area contributed by atoms with E-state index in [0.29, 0.717) is 5.56 Å². The van der Waals surface area contributed by atoms with E-state index < -0.39 is 39.6 Å². The van der Waals surface area contributed by atoms with E-state index in [9.17, 15) is 22.0 Å². The van der Waals surface area contributed by atoms with E-state index in [2.05, 4.69) is 5.32 Å². The van der Waals surface area contributed by atoms with Gasteiger partial charge in [0.15, 0.2) is 0 Å². The number of rotatable bonds is 6. The summed E-state index contributed by atoms with van der Waals surface area (Å²) in [5.74, 6) is -1.75. The molecular formula is C18H20F2N2O3S. The largest absolute Gasteiger partial charge is 0.348 e. The van der Waals surface area contributed by atoms with Crippen molar-refractivity contribution in [2.45, 2.75) is 25.9 Å². The number of sulfonamides is 1. The zero-order valence-electron chi connectivity index (χ0n) is 14.6. The van der Waals surface area contributed by atoms with Gasteiger partial charge in [-0.2, -0.15) is 0 Å². The minimum absolute atomic E-state index is 0.202. The average Bonchev–Trinajstić information content (AvgIpc) is 2.56. The van der Waals surface area contributed by atoms with E-state index in [1.165, 1.54) is 49.4 Å². The molecule has 2 atom stereocenters. The molecule has 0 bridgehead atoms. The molecule has 1 amide bonds. The highest BCUT2D eigenvalue weighted by atomic mass is 32.2. The Morgan fingerprint density at radius 3 is 2.15 bits per heavy atom. The third-order valence-corrected chi connectivity index (χ3v) is 5.13. The number of hydrogen-bond acceptors (Lipinski definition) is 3. The summed E-state index contributed by atoms with van der Waals surface area (Å²) in [6.07, 6.45) is 0.909.